The molecule has 0 aliphatic carbocycles. The summed E-state index contributed by atoms with van der Waals surface area (Å²) in [6.07, 6.45) is 3.76. The lowest BCUT2D eigenvalue weighted by Gasteiger charge is -2.10. The highest BCUT2D eigenvalue weighted by Gasteiger charge is 2.05. The van der Waals surface area contributed by atoms with Gasteiger partial charge in [-0.2, -0.15) is 5.10 Å². The molecule has 4 nitrogen and oxygen atoms in total. The molecule has 0 fully saturated rings. The van der Waals surface area contributed by atoms with Gasteiger partial charge in [0.2, 0.25) is 0 Å². The number of hydrogen-bond donors (Lipinski definition) is 1. The maximum atomic E-state index is 4.30. The van der Waals surface area contributed by atoms with Crippen LogP contribution in [0.3, 0.4) is 0 Å². The molecule has 0 saturated heterocycles. The van der Waals surface area contributed by atoms with Gasteiger partial charge in [0.25, 0.3) is 0 Å². The van der Waals surface area contributed by atoms with Crippen molar-refractivity contribution in [2.75, 3.05) is 0 Å². The van der Waals surface area contributed by atoms with Crippen LogP contribution in [0.5, 0.6) is 0 Å². The third kappa shape index (κ3) is 2.79. The van der Waals surface area contributed by atoms with Crippen LogP contribution in [0.15, 0.2) is 48.2 Å². The van der Waals surface area contributed by atoms with Crippen LogP contribution in [0, 0.1) is 6.92 Å². The normalized spacial score (nSPS) is 10.8. The van der Waals surface area contributed by atoms with Crippen molar-refractivity contribution in [2.45, 2.75) is 20.0 Å². The van der Waals surface area contributed by atoms with Crippen LogP contribution in [0.1, 0.15) is 16.1 Å². The summed E-state index contributed by atoms with van der Waals surface area (Å²) in [6.45, 7) is 3.71. The topological polar surface area (TPSA) is 42.7 Å². The fraction of sp³-hybridized carbons (Fsp3) is 0.200. The second-order valence-electron chi connectivity index (χ2n) is 4.54. The molecule has 0 radical (unpaired) electrons. The lowest BCUT2D eigenvalue weighted by molar-refractivity contribution is 0.690. The molecule has 0 bridgehead atoms. The number of rotatable bonds is 5. The largest absolute Gasteiger partial charge is 0.308 e. The Balaban J connectivity index is 1.70. The summed E-state index contributed by atoms with van der Waals surface area (Å²) in [6, 6.07) is 10.2. The maximum absolute atomic E-state index is 4.30. The van der Waals surface area contributed by atoms with E-state index < -0.39 is 0 Å². The summed E-state index contributed by atoms with van der Waals surface area (Å²) in [5.41, 5.74) is 5.36. The van der Waals surface area contributed by atoms with Crippen molar-refractivity contribution < 1.29 is 0 Å². The standard InChI is InChI=1S/C15H16N4S/c1-12-15(20-11-17-12)10-16-9-13-5-2-3-6-14(13)19-8-4-7-18-19/h2-8,11,16H,9-10H2,1H3. The molecule has 0 unspecified atom stereocenters. The molecular weight excluding hydrogens is 268 g/mol. The van der Waals surface area contributed by atoms with Gasteiger partial charge in [-0.25, -0.2) is 9.67 Å². The summed E-state index contributed by atoms with van der Waals surface area (Å²) in [7, 11) is 0. The highest BCUT2D eigenvalue weighted by Crippen LogP contribution is 2.15. The van der Waals surface area contributed by atoms with E-state index in [0.717, 1.165) is 24.5 Å². The van der Waals surface area contributed by atoms with Crippen molar-refractivity contribution in [3.63, 3.8) is 0 Å². The molecule has 0 atom stereocenters. The molecule has 2 aromatic heterocycles. The van der Waals surface area contributed by atoms with Crippen molar-refractivity contribution >= 4 is 11.3 Å². The highest BCUT2D eigenvalue weighted by atomic mass is 32.1. The van der Waals surface area contributed by atoms with Crippen LogP contribution in [0.25, 0.3) is 5.69 Å². The second-order valence-corrected chi connectivity index (χ2v) is 5.48. The predicted octanol–water partition coefficient (Wildman–Crippen LogP) is 2.93. The summed E-state index contributed by atoms with van der Waals surface area (Å²) in [5, 5.41) is 7.78. The predicted molar refractivity (Wildman–Crippen MR) is 81.0 cm³/mol. The molecule has 0 amide bonds. The van der Waals surface area contributed by atoms with Gasteiger partial charge in [0.15, 0.2) is 0 Å². The zero-order valence-corrected chi connectivity index (χ0v) is 12.1. The minimum Gasteiger partial charge on any atom is -0.308 e. The van der Waals surface area contributed by atoms with E-state index in [1.165, 1.54) is 10.4 Å². The van der Waals surface area contributed by atoms with Crippen molar-refractivity contribution in [1.29, 1.82) is 0 Å². The van der Waals surface area contributed by atoms with Gasteiger partial charge in [0, 0.05) is 30.4 Å². The van der Waals surface area contributed by atoms with Gasteiger partial charge >= 0.3 is 0 Å². The second kappa shape index (κ2) is 5.98. The summed E-state index contributed by atoms with van der Waals surface area (Å²) >= 11 is 1.70. The van der Waals surface area contributed by atoms with Crippen LogP contribution >= 0.6 is 11.3 Å². The van der Waals surface area contributed by atoms with E-state index in [1.54, 1.807) is 17.5 Å². The molecule has 102 valence electrons. The molecule has 1 N–H and O–H groups in total. The SMILES string of the molecule is Cc1ncsc1CNCc1ccccc1-n1cccn1. The monoisotopic (exact) mass is 284 g/mol. The number of aromatic nitrogens is 3. The van der Waals surface area contributed by atoms with E-state index >= 15 is 0 Å². The van der Waals surface area contributed by atoms with E-state index in [9.17, 15) is 0 Å². The van der Waals surface area contributed by atoms with Crippen molar-refractivity contribution in [3.05, 3.63) is 64.4 Å². The highest BCUT2D eigenvalue weighted by molar-refractivity contribution is 7.09. The van der Waals surface area contributed by atoms with Gasteiger partial charge < -0.3 is 5.32 Å². The maximum Gasteiger partial charge on any atom is 0.0798 e. The molecule has 1 aromatic carbocycles. The zero-order valence-electron chi connectivity index (χ0n) is 11.3. The molecule has 5 heteroatoms. The van der Waals surface area contributed by atoms with Crippen LogP contribution in [-0.4, -0.2) is 14.8 Å². The van der Waals surface area contributed by atoms with E-state index in [4.69, 9.17) is 0 Å². The number of nitrogens with zero attached hydrogens (tertiary/aromatic N) is 3. The van der Waals surface area contributed by atoms with Crippen molar-refractivity contribution in [2.24, 2.45) is 0 Å². The van der Waals surface area contributed by atoms with Gasteiger partial charge in [-0.05, 0) is 24.6 Å². The van der Waals surface area contributed by atoms with Gasteiger partial charge in [-0.3, -0.25) is 0 Å². The molecule has 3 rings (SSSR count). The van der Waals surface area contributed by atoms with Gasteiger partial charge in [-0.15, -0.1) is 11.3 Å². The fourth-order valence-corrected chi connectivity index (χ4v) is 2.85. The van der Waals surface area contributed by atoms with Crippen LogP contribution < -0.4 is 5.32 Å². The Labute approximate surface area is 122 Å². The van der Waals surface area contributed by atoms with Gasteiger partial charge in [0.05, 0.1) is 16.9 Å². The summed E-state index contributed by atoms with van der Waals surface area (Å²) in [5.74, 6) is 0. The number of para-hydroxylation sites is 1. The molecule has 0 spiro atoms. The van der Waals surface area contributed by atoms with Crippen LogP contribution in [0.4, 0.5) is 0 Å². The quantitative estimate of drug-likeness (QED) is 0.783. The van der Waals surface area contributed by atoms with Gasteiger partial charge in [0.1, 0.15) is 0 Å². The Morgan fingerprint density at radius 3 is 2.85 bits per heavy atom. The molecule has 0 aliphatic rings. The number of thiazole rings is 1. The molecule has 3 aromatic rings. The van der Waals surface area contributed by atoms with E-state index in [-0.39, 0.29) is 0 Å². The van der Waals surface area contributed by atoms with Crippen molar-refractivity contribution in [1.82, 2.24) is 20.1 Å². The molecule has 20 heavy (non-hydrogen) atoms. The van der Waals surface area contributed by atoms with Crippen LogP contribution in [0.2, 0.25) is 0 Å². The number of nitrogens with one attached hydrogen (secondary N) is 1. The Morgan fingerprint density at radius 1 is 1.20 bits per heavy atom. The first-order valence-electron chi connectivity index (χ1n) is 6.52. The Bertz CT molecular complexity index is 673. The molecule has 0 saturated carbocycles. The summed E-state index contributed by atoms with van der Waals surface area (Å²) in [4.78, 5) is 5.56. The first-order valence-corrected chi connectivity index (χ1v) is 7.40. The minimum atomic E-state index is 0.813. The number of aryl methyl sites for hydroxylation is 1. The Kier molecular flexibility index (Phi) is 3.90. The van der Waals surface area contributed by atoms with Gasteiger partial charge in [-0.1, -0.05) is 18.2 Å². The summed E-state index contributed by atoms with van der Waals surface area (Å²) < 4.78 is 1.90. The third-order valence-electron chi connectivity index (χ3n) is 3.19. The lowest BCUT2D eigenvalue weighted by Crippen LogP contribution is -2.14. The zero-order chi connectivity index (χ0) is 13.8. The number of hydrogen-bond acceptors (Lipinski definition) is 4. The number of benzene rings is 1. The molecule has 0 aliphatic heterocycles. The van der Waals surface area contributed by atoms with Crippen molar-refractivity contribution in [3.8, 4) is 5.69 Å². The van der Waals surface area contributed by atoms with E-state index in [0.29, 0.717) is 0 Å². The fourth-order valence-electron chi connectivity index (χ4n) is 2.10. The minimum absolute atomic E-state index is 0.813. The smallest absolute Gasteiger partial charge is 0.0798 e. The Hall–Kier alpha value is -1.98. The van der Waals surface area contributed by atoms with Crippen LogP contribution in [-0.2, 0) is 13.1 Å². The first kappa shape index (κ1) is 13.0. The average molecular weight is 284 g/mol. The first-order chi connectivity index (χ1) is 9.84. The van der Waals surface area contributed by atoms with E-state index in [2.05, 4.69) is 33.6 Å². The molecule has 2 heterocycles. The Morgan fingerprint density at radius 2 is 2.10 bits per heavy atom. The lowest BCUT2D eigenvalue weighted by atomic mass is 10.2. The molecular formula is C15H16N4S. The van der Waals surface area contributed by atoms with E-state index in [1.807, 2.05) is 35.4 Å². The third-order valence-corrected chi connectivity index (χ3v) is 4.12. The average Bonchev–Trinajstić information content (AvgIpc) is 3.12.